The van der Waals surface area contributed by atoms with Gasteiger partial charge in [0.1, 0.15) is 5.75 Å². The molecule has 18 heavy (non-hydrogen) atoms. The molecule has 0 saturated heterocycles. The van der Waals surface area contributed by atoms with Crippen LogP contribution in [-0.4, -0.2) is 12.6 Å². The topological polar surface area (TPSA) is 47.3 Å². The molecule has 0 unspecified atom stereocenters. The summed E-state index contributed by atoms with van der Waals surface area (Å²) >= 11 is 0. The van der Waals surface area contributed by atoms with Crippen LogP contribution in [0.4, 0.5) is 11.4 Å². The van der Waals surface area contributed by atoms with Gasteiger partial charge < -0.3 is 15.8 Å². The van der Waals surface area contributed by atoms with Gasteiger partial charge in [-0.15, -0.1) is 0 Å². The summed E-state index contributed by atoms with van der Waals surface area (Å²) in [4.78, 5) is 0. The minimum atomic E-state index is 0.0110. The molecule has 0 aliphatic heterocycles. The predicted molar refractivity (Wildman–Crippen MR) is 79.2 cm³/mol. The summed E-state index contributed by atoms with van der Waals surface area (Å²) in [6, 6.07) is 5.73. The number of anilines is 2. The van der Waals surface area contributed by atoms with Gasteiger partial charge in [-0.3, -0.25) is 0 Å². The molecule has 0 aromatic heterocycles. The van der Waals surface area contributed by atoms with E-state index in [4.69, 9.17) is 10.5 Å². The van der Waals surface area contributed by atoms with Gasteiger partial charge in [-0.1, -0.05) is 20.8 Å². The Kier molecular flexibility index (Phi) is 4.15. The third-order valence-electron chi connectivity index (χ3n) is 2.62. The summed E-state index contributed by atoms with van der Waals surface area (Å²) in [5.41, 5.74) is 7.86. The van der Waals surface area contributed by atoms with Gasteiger partial charge in [-0.05, 0) is 31.7 Å². The first-order chi connectivity index (χ1) is 8.11. The third-order valence-corrected chi connectivity index (χ3v) is 2.62. The van der Waals surface area contributed by atoms with Gasteiger partial charge in [0.15, 0.2) is 0 Å². The number of nitrogen functional groups attached to an aromatic ring is 1. The summed E-state index contributed by atoms with van der Waals surface area (Å²) < 4.78 is 5.23. The zero-order valence-electron chi connectivity index (χ0n) is 12.4. The second kappa shape index (κ2) is 5.09. The van der Waals surface area contributed by atoms with Crippen LogP contribution in [0.15, 0.2) is 18.2 Å². The average molecular weight is 250 g/mol. The van der Waals surface area contributed by atoms with Crippen LogP contribution in [-0.2, 0) is 0 Å². The number of nitrogens with one attached hydrogen (secondary N) is 1. The number of benzene rings is 1. The summed E-state index contributed by atoms with van der Waals surface area (Å²) in [5, 5.41) is 3.53. The Morgan fingerprint density at radius 3 is 2.22 bits per heavy atom. The molecule has 0 heterocycles. The van der Waals surface area contributed by atoms with E-state index in [-0.39, 0.29) is 11.0 Å². The Balaban J connectivity index is 2.86. The predicted octanol–water partition coefficient (Wildman–Crippen LogP) is 3.90. The molecule has 0 amide bonds. The van der Waals surface area contributed by atoms with Crippen molar-refractivity contribution in [2.45, 2.75) is 46.6 Å². The lowest BCUT2D eigenvalue weighted by Crippen LogP contribution is -2.35. The van der Waals surface area contributed by atoms with Crippen molar-refractivity contribution < 1.29 is 4.74 Å². The van der Waals surface area contributed by atoms with Gasteiger partial charge in [0.2, 0.25) is 0 Å². The molecule has 0 radical (unpaired) electrons. The van der Waals surface area contributed by atoms with Crippen LogP contribution in [0.5, 0.6) is 5.75 Å². The van der Waals surface area contributed by atoms with Crippen molar-refractivity contribution in [2.75, 3.05) is 18.2 Å². The van der Waals surface area contributed by atoms with E-state index in [9.17, 15) is 0 Å². The monoisotopic (exact) mass is 250 g/mol. The van der Waals surface area contributed by atoms with Gasteiger partial charge in [0.05, 0.1) is 7.11 Å². The smallest absolute Gasteiger partial charge is 0.122 e. The summed E-state index contributed by atoms with van der Waals surface area (Å²) in [5.74, 6) is 0.782. The van der Waals surface area contributed by atoms with Gasteiger partial charge in [0.25, 0.3) is 0 Å². The number of hydrogen-bond donors (Lipinski definition) is 2. The molecule has 3 nitrogen and oxygen atoms in total. The SMILES string of the molecule is COc1cc(N)cc(NC(C)(C)CC(C)(C)C)c1. The lowest BCUT2D eigenvalue weighted by atomic mass is 9.81. The van der Waals surface area contributed by atoms with E-state index >= 15 is 0 Å². The van der Waals surface area contributed by atoms with E-state index in [0.717, 1.165) is 17.9 Å². The van der Waals surface area contributed by atoms with E-state index in [0.29, 0.717) is 5.69 Å². The molecule has 0 atom stereocenters. The van der Waals surface area contributed by atoms with E-state index in [1.54, 1.807) is 7.11 Å². The molecular weight excluding hydrogens is 224 g/mol. The van der Waals surface area contributed by atoms with Gasteiger partial charge >= 0.3 is 0 Å². The van der Waals surface area contributed by atoms with Crippen molar-refractivity contribution in [3.8, 4) is 5.75 Å². The van der Waals surface area contributed by atoms with Crippen LogP contribution in [0, 0.1) is 5.41 Å². The van der Waals surface area contributed by atoms with Gasteiger partial charge in [0, 0.05) is 29.0 Å². The molecule has 3 N–H and O–H groups in total. The maximum atomic E-state index is 5.86. The highest BCUT2D eigenvalue weighted by Gasteiger charge is 2.25. The van der Waals surface area contributed by atoms with E-state index in [2.05, 4.69) is 39.9 Å². The number of methoxy groups -OCH3 is 1. The lowest BCUT2D eigenvalue weighted by Gasteiger charge is -2.34. The van der Waals surface area contributed by atoms with Crippen molar-refractivity contribution in [1.29, 1.82) is 0 Å². The van der Waals surface area contributed by atoms with E-state index in [1.165, 1.54) is 0 Å². The molecule has 1 aromatic rings. The normalized spacial score (nSPS) is 12.3. The first-order valence-corrected chi connectivity index (χ1v) is 6.34. The van der Waals surface area contributed by atoms with Crippen molar-refractivity contribution in [3.05, 3.63) is 18.2 Å². The Labute approximate surface area is 111 Å². The zero-order chi connectivity index (χ0) is 14.0. The van der Waals surface area contributed by atoms with Crippen molar-refractivity contribution in [3.63, 3.8) is 0 Å². The fraction of sp³-hybridized carbons (Fsp3) is 0.600. The molecule has 3 heteroatoms. The van der Waals surface area contributed by atoms with Crippen molar-refractivity contribution >= 4 is 11.4 Å². The quantitative estimate of drug-likeness (QED) is 0.797. The highest BCUT2D eigenvalue weighted by molar-refractivity contribution is 5.60. The zero-order valence-corrected chi connectivity index (χ0v) is 12.4. The number of nitrogens with two attached hydrogens (primary N) is 1. The van der Waals surface area contributed by atoms with E-state index < -0.39 is 0 Å². The summed E-state index contributed by atoms with van der Waals surface area (Å²) in [6.45, 7) is 11.1. The highest BCUT2D eigenvalue weighted by Crippen LogP contribution is 2.31. The molecule has 0 aliphatic rings. The number of hydrogen-bond acceptors (Lipinski definition) is 3. The van der Waals surface area contributed by atoms with Crippen LogP contribution < -0.4 is 15.8 Å². The van der Waals surface area contributed by atoms with Crippen LogP contribution in [0.25, 0.3) is 0 Å². The number of rotatable bonds is 4. The minimum absolute atomic E-state index is 0.0110. The minimum Gasteiger partial charge on any atom is -0.497 e. The molecule has 102 valence electrons. The first-order valence-electron chi connectivity index (χ1n) is 6.34. The molecule has 1 rings (SSSR count). The molecule has 0 saturated carbocycles. The summed E-state index contributed by atoms with van der Waals surface area (Å²) in [7, 11) is 1.65. The largest absolute Gasteiger partial charge is 0.497 e. The third kappa shape index (κ3) is 4.86. The second-order valence-electron chi connectivity index (χ2n) is 6.74. The molecule has 1 aromatic carbocycles. The van der Waals surface area contributed by atoms with Gasteiger partial charge in [-0.25, -0.2) is 0 Å². The van der Waals surface area contributed by atoms with Crippen LogP contribution in [0.2, 0.25) is 0 Å². The van der Waals surface area contributed by atoms with Gasteiger partial charge in [-0.2, -0.15) is 0 Å². The Morgan fingerprint density at radius 1 is 1.11 bits per heavy atom. The van der Waals surface area contributed by atoms with E-state index in [1.807, 2.05) is 18.2 Å². The average Bonchev–Trinajstić information content (AvgIpc) is 2.11. The van der Waals surface area contributed by atoms with Crippen LogP contribution >= 0.6 is 0 Å². The Hall–Kier alpha value is -1.38. The lowest BCUT2D eigenvalue weighted by molar-refractivity contribution is 0.302. The maximum absolute atomic E-state index is 5.86. The molecule has 0 spiro atoms. The fourth-order valence-electron chi connectivity index (χ4n) is 2.57. The first kappa shape index (κ1) is 14.7. The molecule has 0 bridgehead atoms. The maximum Gasteiger partial charge on any atom is 0.122 e. The molecule has 0 aliphatic carbocycles. The fourth-order valence-corrected chi connectivity index (χ4v) is 2.57. The van der Waals surface area contributed by atoms with Crippen LogP contribution in [0.3, 0.4) is 0 Å². The number of ether oxygens (including phenoxy) is 1. The van der Waals surface area contributed by atoms with Crippen molar-refractivity contribution in [2.24, 2.45) is 5.41 Å². The second-order valence-corrected chi connectivity index (χ2v) is 6.74. The molecule has 0 fully saturated rings. The Morgan fingerprint density at radius 2 is 1.72 bits per heavy atom. The van der Waals surface area contributed by atoms with Crippen LogP contribution in [0.1, 0.15) is 41.0 Å². The molecular formula is C15H26N2O. The standard InChI is InChI=1S/C15H26N2O/c1-14(2,3)10-15(4,5)17-12-7-11(16)8-13(9-12)18-6/h7-9,17H,10,16H2,1-6H3. The van der Waals surface area contributed by atoms with Crippen molar-refractivity contribution in [1.82, 2.24) is 0 Å². The summed E-state index contributed by atoms with van der Waals surface area (Å²) in [6.07, 6.45) is 1.07. The highest BCUT2D eigenvalue weighted by atomic mass is 16.5. The Bertz CT molecular complexity index is 405.